The molecule has 5 nitrogen and oxygen atoms in total. The van der Waals surface area contributed by atoms with Crippen molar-refractivity contribution in [2.75, 3.05) is 19.6 Å². The van der Waals surface area contributed by atoms with Crippen LogP contribution in [0.25, 0.3) is 0 Å². The van der Waals surface area contributed by atoms with Crippen LogP contribution < -0.4 is 16.0 Å². The number of unbranched alkanes of at least 4 members (excludes halogenated alkanes) is 1. The topological polar surface area (TPSA) is 65.5 Å². The van der Waals surface area contributed by atoms with Crippen LogP contribution in [0.5, 0.6) is 0 Å². The summed E-state index contributed by atoms with van der Waals surface area (Å²) in [6.07, 6.45) is 4.49. The lowest BCUT2D eigenvalue weighted by atomic mass is 10.3. The molecule has 18 heavy (non-hydrogen) atoms. The molecule has 3 N–H and O–H groups in total. The average Bonchev–Trinajstić information content (AvgIpc) is 3.10. The fourth-order valence-electron chi connectivity index (χ4n) is 1.38. The van der Waals surface area contributed by atoms with Crippen LogP contribution in [0.3, 0.4) is 0 Å². The molecule has 1 saturated carbocycles. The summed E-state index contributed by atoms with van der Waals surface area (Å²) in [5.74, 6) is 0.743. The molecule has 1 aliphatic rings. The minimum Gasteiger partial charge on any atom is -0.357 e. The van der Waals surface area contributed by atoms with E-state index in [0.29, 0.717) is 6.04 Å². The molecular weight excluding hydrogens is 343 g/mol. The van der Waals surface area contributed by atoms with Crippen LogP contribution in [0.2, 0.25) is 0 Å². The summed E-state index contributed by atoms with van der Waals surface area (Å²) in [4.78, 5) is 15.7. The number of hydrogen-bond donors (Lipinski definition) is 3. The molecule has 0 saturated heterocycles. The SMILES string of the molecule is CCCCNC(=NCC(=O)NC1CC1)NCC.I. The number of amides is 1. The summed E-state index contributed by atoms with van der Waals surface area (Å²) < 4.78 is 0. The Morgan fingerprint density at radius 2 is 2.00 bits per heavy atom. The van der Waals surface area contributed by atoms with Gasteiger partial charge in [-0.2, -0.15) is 0 Å². The lowest BCUT2D eigenvalue weighted by Crippen LogP contribution is -2.39. The van der Waals surface area contributed by atoms with Gasteiger partial charge >= 0.3 is 0 Å². The minimum absolute atomic E-state index is 0. The van der Waals surface area contributed by atoms with Gasteiger partial charge in [0, 0.05) is 19.1 Å². The van der Waals surface area contributed by atoms with E-state index in [1.165, 1.54) is 0 Å². The smallest absolute Gasteiger partial charge is 0.242 e. The zero-order valence-corrected chi connectivity index (χ0v) is 13.6. The summed E-state index contributed by atoms with van der Waals surface area (Å²) in [6, 6.07) is 0.410. The summed E-state index contributed by atoms with van der Waals surface area (Å²) in [6.45, 7) is 6.07. The highest BCUT2D eigenvalue weighted by Gasteiger charge is 2.22. The van der Waals surface area contributed by atoms with Gasteiger partial charge in [0.25, 0.3) is 0 Å². The van der Waals surface area contributed by atoms with Crippen molar-refractivity contribution < 1.29 is 4.79 Å². The molecule has 0 unspecified atom stereocenters. The van der Waals surface area contributed by atoms with Gasteiger partial charge in [0.05, 0.1) is 0 Å². The van der Waals surface area contributed by atoms with Gasteiger partial charge in [-0.3, -0.25) is 4.79 Å². The van der Waals surface area contributed by atoms with Crippen LogP contribution in [0.15, 0.2) is 4.99 Å². The van der Waals surface area contributed by atoms with Gasteiger partial charge in [-0.05, 0) is 26.2 Å². The molecule has 0 aromatic heterocycles. The van der Waals surface area contributed by atoms with Crippen LogP contribution in [-0.4, -0.2) is 37.5 Å². The Labute approximate surface area is 127 Å². The molecule has 0 radical (unpaired) electrons. The predicted molar refractivity (Wildman–Crippen MR) is 85.5 cm³/mol. The molecule has 0 spiro atoms. The van der Waals surface area contributed by atoms with Crippen LogP contribution in [-0.2, 0) is 4.79 Å². The van der Waals surface area contributed by atoms with Gasteiger partial charge in [0.15, 0.2) is 5.96 Å². The maximum atomic E-state index is 11.5. The molecule has 0 aromatic rings. The Morgan fingerprint density at radius 1 is 1.28 bits per heavy atom. The Bertz CT molecular complexity index is 267. The fourth-order valence-corrected chi connectivity index (χ4v) is 1.38. The van der Waals surface area contributed by atoms with E-state index in [9.17, 15) is 4.79 Å². The van der Waals surface area contributed by atoms with Gasteiger partial charge in [-0.1, -0.05) is 13.3 Å². The maximum Gasteiger partial charge on any atom is 0.242 e. The average molecular weight is 368 g/mol. The van der Waals surface area contributed by atoms with Crippen molar-refractivity contribution >= 4 is 35.8 Å². The van der Waals surface area contributed by atoms with Crippen LogP contribution >= 0.6 is 24.0 Å². The van der Waals surface area contributed by atoms with Crippen molar-refractivity contribution in [3.63, 3.8) is 0 Å². The standard InChI is InChI=1S/C12H24N4O.HI/c1-3-5-8-14-12(13-4-2)15-9-11(17)16-10-6-7-10;/h10H,3-9H2,1-2H3,(H,16,17)(H2,13,14,15);1H. The Morgan fingerprint density at radius 3 is 2.56 bits per heavy atom. The molecule has 106 valence electrons. The van der Waals surface area contributed by atoms with Gasteiger partial charge in [-0.15, -0.1) is 24.0 Å². The Balaban J connectivity index is 0.00000289. The first-order valence-electron chi connectivity index (χ1n) is 6.57. The van der Waals surface area contributed by atoms with Crippen molar-refractivity contribution in [2.24, 2.45) is 4.99 Å². The second kappa shape index (κ2) is 10.4. The van der Waals surface area contributed by atoms with E-state index < -0.39 is 0 Å². The summed E-state index contributed by atoms with van der Waals surface area (Å²) in [5.41, 5.74) is 0. The third kappa shape index (κ3) is 8.54. The lowest BCUT2D eigenvalue weighted by molar-refractivity contribution is -0.119. The molecule has 1 rings (SSSR count). The first kappa shape index (κ1) is 17.5. The molecule has 0 aliphatic heterocycles. The minimum atomic E-state index is 0. The van der Waals surface area contributed by atoms with Gasteiger partial charge in [0.2, 0.25) is 5.91 Å². The Kier molecular flexibility index (Phi) is 10.1. The van der Waals surface area contributed by atoms with E-state index in [0.717, 1.165) is 44.7 Å². The monoisotopic (exact) mass is 368 g/mol. The molecular formula is C12H25IN4O. The van der Waals surface area contributed by atoms with Crippen LogP contribution in [0.1, 0.15) is 39.5 Å². The lowest BCUT2D eigenvalue weighted by Gasteiger charge is -2.10. The summed E-state index contributed by atoms with van der Waals surface area (Å²) in [5, 5.41) is 9.25. The number of carbonyl (C=O) groups is 1. The normalized spacial score (nSPS) is 14.7. The third-order valence-corrected chi connectivity index (χ3v) is 2.49. The number of aliphatic imine (C=N–C) groups is 1. The fraction of sp³-hybridized carbons (Fsp3) is 0.833. The van der Waals surface area contributed by atoms with Crippen LogP contribution in [0, 0.1) is 0 Å². The van der Waals surface area contributed by atoms with E-state index >= 15 is 0 Å². The number of halogens is 1. The second-order valence-corrected chi connectivity index (χ2v) is 4.32. The van der Waals surface area contributed by atoms with Crippen molar-refractivity contribution in [3.8, 4) is 0 Å². The van der Waals surface area contributed by atoms with Crippen LogP contribution in [0.4, 0.5) is 0 Å². The van der Waals surface area contributed by atoms with E-state index in [4.69, 9.17) is 0 Å². The van der Waals surface area contributed by atoms with Gasteiger partial charge < -0.3 is 16.0 Å². The summed E-state index contributed by atoms with van der Waals surface area (Å²) in [7, 11) is 0. The van der Waals surface area contributed by atoms with Crippen molar-refractivity contribution in [1.29, 1.82) is 0 Å². The zero-order chi connectivity index (χ0) is 12.5. The summed E-state index contributed by atoms with van der Waals surface area (Å²) >= 11 is 0. The number of rotatable bonds is 7. The molecule has 1 fully saturated rings. The molecule has 0 aromatic carbocycles. The number of nitrogens with zero attached hydrogens (tertiary/aromatic N) is 1. The molecule has 6 heteroatoms. The highest BCUT2D eigenvalue weighted by atomic mass is 127. The van der Waals surface area contributed by atoms with E-state index in [-0.39, 0.29) is 36.4 Å². The third-order valence-electron chi connectivity index (χ3n) is 2.49. The van der Waals surface area contributed by atoms with Crippen molar-refractivity contribution in [2.45, 2.75) is 45.6 Å². The number of carbonyl (C=O) groups excluding carboxylic acids is 1. The van der Waals surface area contributed by atoms with E-state index in [1.54, 1.807) is 0 Å². The predicted octanol–water partition coefficient (Wildman–Crippen LogP) is 1.24. The molecule has 0 bridgehead atoms. The highest BCUT2D eigenvalue weighted by Crippen LogP contribution is 2.18. The Hall–Kier alpha value is -0.530. The largest absolute Gasteiger partial charge is 0.357 e. The molecule has 1 amide bonds. The van der Waals surface area contributed by atoms with E-state index in [2.05, 4.69) is 27.9 Å². The van der Waals surface area contributed by atoms with Crippen molar-refractivity contribution in [1.82, 2.24) is 16.0 Å². The van der Waals surface area contributed by atoms with Gasteiger partial charge in [-0.25, -0.2) is 4.99 Å². The second-order valence-electron chi connectivity index (χ2n) is 4.32. The first-order chi connectivity index (χ1) is 8.26. The highest BCUT2D eigenvalue weighted by molar-refractivity contribution is 14.0. The quantitative estimate of drug-likeness (QED) is 0.274. The van der Waals surface area contributed by atoms with Gasteiger partial charge in [0.1, 0.15) is 6.54 Å². The molecule has 0 heterocycles. The number of hydrogen-bond acceptors (Lipinski definition) is 2. The maximum absolute atomic E-state index is 11.5. The zero-order valence-electron chi connectivity index (χ0n) is 11.3. The van der Waals surface area contributed by atoms with Crippen molar-refractivity contribution in [3.05, 3.63) is 0 Å². The first-order valence-corrected chi connectivity index (χ1v) is 6.57. The molecule has 0 atom stereocenters. The van der Waals surface area contributed by atoms with E-state index in [1.807, 2.05) is 6.92 Å². The molecule has 1 aliphatic carbocycles. The number of guanidine groups is 1. The number of nitrogens with one attached hydrogen (secondary N) is 3.